The van der Waals surface area contributed by atoms with Crippen LogP contribution in [0, 0.1) is 39.0 Å². The first-order valence-electron chi connectivity index (χ1n) is 6.31. The summed E-state index contributed by atoms with van der Waals surface area (Å²) in [7, 11) is 0. The van der Waals surface area contributed by atoms with Gasteiger partial charge in [-0.2, -0.15) is 5.26 Å². The molecule has 0 aliphatic carbocycles. The standard InChI is InChI=1S/C16H17N3/c1-10-5-6-14(13(4)12(10)3)15-9-11(2)18-16(19-15)7-8-17/h5-6,9H,7H2,1-4H3. The van der Waals surface area contributed by atoms with Crippen LogP contribution in [-0.2, 0) is 6.42 Å². The third-order valence-electron chi connectivity index (χ3n) is 3.47. The van der Waals surface area contributed by atoms with Gasteiger partial charge in [-0.1, -0.05) is 12.1 Å². The zero-order valence-corrected chi connectivity index (χ0v) is 11.8. The first-order valence-corrected chi connectivity index (χ1v) is 6.31. The number of nitrogens with zero attached hydrogens (tertiary/aromatic N) is 3. The predicted molar refractivity (Wildman–Crippen MR) is 75.7 cm³/mol. The molecule has 0 spiro atoms. The minimum Gasteiger partial charge on any atom is -0.237 e. The van der Waals surface area contributed by atoms with Crippen LogP contribution in [0.25, 0.3) is 11.3 Å². The van der Waals surface area contributed by atoms with Crippen molar-refractivity contribution in [1.29, 1.82) is 5.26 Å². The van der Waals surface area contributed by atoms with Crippen LogP contribution in [-0.4, -0.2) is 9.97 Å². The second-order valence-corrected chi connectivity index (χ2v) is 4.83. The Kier molecular flexibility index (Phi) is 3.62. The van der Waals surface area contributed by atoms with Gasteiger partial charge in [0.25, 0.3) is 0 Å². The van der Waals surface area contributed by atoms with Crippen LogP contribution in [0.2, 0.25) is 0 Å². The fourth-order valence-corrected chi connectivity index (χ4v) is 2.15. The van der Waals surface area contributed by atoms with E-state index in [1.165, 1.54) is 16.7 Å². The summed E-state index contributed by atoms with van der Waals surface area (Å²) >= 11 is 0. The molecule has 0 amide bonds. The molecule has 96 valence electrons. The minimum atomic E-state index is 0.249. The fraction of sp³-hybridized carbons (Fsp3) is 0.312. The van der Waals surface area contributed by atoms with Gasteiger partial charge in [0.05, 0.1) is 18.2 Å². The highest BCUT2D eigenvalue weighted by Gasteiger charge is 2.09. The number of benzene rings is 1. The molecule has 19 heavy (non-hydrogen) atoms. The number of hydrogen-bond acceptors (Lipinski definition) is 3. The normalized spacial score (nSPS) is 10.3. The maximum absolute atomic E-state index is 8.78. The van der Waals surface area contributed by atoms with Crippen LogP contribution in [0.4, 0.5) is 0 Å². The van der Waals surface area contributed by atoms with E-state index in [-0.39, 0.29) is 6.42 Å². The molecule has 1 aromatic heterocycles. The summed E-state index contributed by atoms with van der Waals surface area (Å²) in [5.74, 6) is 0.593. The number of aromatic nitrogens is 2. The first-order chi connectivity index (χ1) is 9.02. The van der Waals surface area contributed by atoms with E-state index in [1.54, 1.807) is 0 Å². The monoisotopic (exact) mass is 251 g/mol. The average Bonchev–Trinajstić information content (AvgIpc) is 2.36. The lowest BCUT2D eigenvalue weighted by atomic mass is 9.96. The summed E-state index contributed by atoms with van der Waals surface area (Å²) in [6, 6.07) is 8.27. The molecule has 2 aromatic rings. The molecule has 0 N–H and O–H groups in total. The zero-order valence-electron chi connectivity index (χ0n) is 11.8. The van der Waals surface area contributed by atoms with E-state index in [2.05, 4.69) is 48.9 Å². The minimum absolute atomic E-state index is 0.249. The summed E-state index contributed by atoms with van der Waals surface area (Å²) < 4.78 is 0. The molecular formula is C16H17N3. The van der Waals surface area contributed by atoms with Gasteiger partial charge in [-0.05, 0) is 50.5 Å². The van der Waals surface area contributed by atoms with Gasteiger partial charge in [0, 0.05) is 11.3 Å². The molecule has 0 aliphatic heterocycles. The van der Waals surface area contributed by atoms with E-state index in [4.69, 9.17) is 5.26 Å². The number of hydrogen-bond donors (Lipinski definition) is 0. The number of rotatable bonds is 2. The van der Waals surface area contributed by atoms with Gasteiger partial charge in [-0.15, -0.1) is 0 Å². The van der Waals surface area contributed by atoms with E-state index in [0.29, 0.717) is 5.82 Å². The van der Waals surface area contributed by atoms with Gasteiger partial charge in [-0.3, -0.25) is 0 Å². The Bertz CT molecular complexity index is 666. The SMILES string of the molecule is Cc1cc(-c2ccc(C)c(C)c2C)nc(CC#N)n1. The summed E-state index contributed by atoms with van der Waals surface area (Å²) in [6.07, 6.45) is 0.249. The van der Waals surface area contributed by atoms with Gasteiger partial charge in [0.2, 0.25) is 0 Å². The van der Waals surface area contributed by atoms with Gasteiger partial charge >= 0.3 is 0 Å². The van der Waals surface area contributed by atoms with E-state index >= 15 is 0 Å². The Morgan fingerprint density at radius 3 is 2.47 bits per heavy atom. The van der Waals surface area contributed by atoms with Crippen molar-refractivity contribution in [3.63, 3.8) is 0 Å². The second kappa shape index (κ2) is 5.19. The maximum atomic E-state index is 8.78. The Labute approximate surface area is 114 Å². The van der Waals surface area contributed by atoms with Gasteiger partial charge in [-0.25, -0.2) is 9.97 Å². The molecule has 3 nitrogen and oxygen atoms in total. The lowest BCUT2D eigenvalue weighted by Gasteiger charge is -2.11. The highest BCUT2D eigenvalue weighted by molar-refractivity contribution is 5.66. The lowest BCUT2D eigenvalue weighted by Crippen LogP contribution is -2.00. The fourth-order valence-electron chi connectivity index (χ4n) is 2.15. The largest absolute Gasteiger partial charge is 0.237 e. The summed E-state index contributed by atoms with van der Waals surface area (Å²) in [5.41, 5.74) is 6.72. The van der Waals surface area contributed by atoms with Crippen molar-refractivity contribution in [1.82, 2.24) is 9.97 Å². The van der Waals surface area contributed by atoms with E-state index in [9.17, 15) is 0 Å². The van der Waals surface area contributed by atoms with E-state index in [1.807, 2.05) is 13.0 Å². The van der Waals surface area contributed by atoms with Crippen LogP contribution in [0.3, 0.4) is 0 Å². The zero-order chi connectivity index (χ0) is 14.0. The van der Waals surface area contributed by atoms with E-state index in [0.717, 1.165) is 17.0 Å². The molecule has 0 radical (unpaired) electrons. The lowest BCUT2D eigenvalue weighted by molar-refractivity contribution is 0.967. The van der Waals surface area contributed by atoms with Crippen molar-refractivity contribution in [3.05, 3.63) is 46.4 Å². The molecule has 2 rings (SSSR count). The summed E-state index contributed by atoms with van der Waals surface area (Å²) in [5, 5.41) is 8.78. The number of nitriles is 1. The van der Waals surface area contributed by atoms with E-state index < -0.39 is 0 Å². The molecule has 0 saturated heterocycles. The molecule has 0 atom stereocenters. The quantitative estimate of drug-likeness (QED) is 0.821. The molecule has 3 heteroatoms. The Balaban J connectivity index is 2.59. The molecular weight excluding hydrogens is 234 g/mol. The molecule has 0 saturated carbocycles. The second-order valence-electron chi connectivity index (χ2n) is 4.83. The Morgan fingerprint density at radius 1 is 1.05 bits per heavy atom. The summed E-state index contributed by atoms with van der Waals surface area (Å²) in [4.78, 5) is 8.78. The highest BCUT2D eigenvalue weighted by Crippen LogP contribution is 2.26. The maximum Gasteiger partial charge on any atom is 0.143 e. The van der Waals surface area contributed by atoms with Crippen LogP contribution in [0.5, 0.6) is 0 Å². The molecule has 0 aliphatic rings. The van der Waals surface area contributed by atoms with Crippen molar-refractivity contribution in [3.8, 4) is 17.3 Å². The smallest absolute Gasteiger partial charge is 0.143 e. The molecule has 1 aromatic carbocycles. The molecule has 1 heterocycles. The van der Waals surface area contributed by atoms with Crippen LogP contribution in [0.1, 0.15) is 28.2 Å². The molecule has 0 unspecified atom stereocenters. The Morgan fingerprint density at radius 2 is 1.79 bits per heavy atom. The Hall–Kier alpha value is -2.21. The van der Waals surface area contributed by atoms with Crippen LogP contribution in [0.15, 0.2) is 18.2 Å². The van der Waals surface area contributed by atoms with Gasteiger partial charge in [0.1, 0.15) is 5.82 Å². The predicted octanol–water partition coefficient (Wildman–Crippen LogP) is 3.44. The van der Waals surface area contributed by atoms with Crippen molar-refractivity contribution in [2.24, 2.45) is 0 Å². The topological polar surface area (TPSA) is 49.6 Å². The van der Waals surface area contributed by atoms with Crippen molar-refractivity contribution >= 4 is 0 Å². The number of aryl methyl sites for hydroxylation is 2. The van der Waals surface area contributed by atoms with Crippen LogP contribution >= 0.6 is 0 Å². The van der Waals surface area contributed by atoms with Crippen LogP contribution < -0.4 is 0 Å². The van der Waals surface area contributed by atoms with Crippen molar-refractivity contribution < 1.29 is 0 Å². The highest BCUT2D eigenvalue weighted by atomic mass is 14.9. The van der Waals surface area contributed by atoms with Crippen molar-refractivity contribution in [2.75, 3.05) is 0 Å². The molecule has 0 fully saturated rings. The average molecular weight is 251 g/mol. The van der Waals surface area contributed by atoms with Gasteiger partial charge in [0.15, 0.2) is 0 Å². The summed E-state index contributed by atoms with van der Waals surface area (Å²) in [6.45, 7) is 8.28. The first kappa shape index (κ1) is 13.2. The third kappa shape index (κ3) is 2.63. The van der Waals surface area contributed by atoms with Crippen molar-refractivity contribution in [2.45, 2.75) is 34.1 Å². The molecule has 0 bridgehead atoms. The third-order valence-corrected chi connectivity index (χ3v) is 3.47. The van der Waals surface area contributed by atoms with Gasteiger partial charge < -0.3 is 0 Å².